The summed E-state index contributed by atoms with van der Waals surface area (Å²) in [7, 11) is 0. The molecule has 0 radical (unpaired) electrons. The van der Waals surface area contributed by atoms with Crippen LogP contribution in [0.2, 0.25) is 0 Å². The lowest BCUT2D eigenvalue weighted by Gasteiger charge is -2.14. The van der Waals surface area contributed by atoms with Gasteiger partial charge >= 0.3 is 0 Å². The number of oxime groups is 1. The first kappa shape index (κ1) is 11.4. The second-order valence-corrected chi connectivity index (χ2v) is 3.44. The lowest BCUT2D eigenvalue weighted by atomic mass is 10.1. The highest BCUT2D eigenvalue weighted by molar-refractivity contribution is 5.87. The molecule has 0 amide bonds. The van der Waals surface area contributed by atoms with Crippen LogP contribution in [-0.4, -0.2) is 17.1 Å². The molecule has 15 heavy (non-hydrogen) atoms. The maximum atomic E-state index is 8.51. The van der Waals surface area contributed by atoms with E-state index in [1.807, 2.05) is 19.1 Å². The molecule has 1 aromatic carbocycles. The van der Waals surface area contributed by atoms with Crippen LogP contribution in [0.1, 0.15) is 19.4 Å². The molecule has 0 aliphatic carbocycles. The molecule has 0 saturated heterocycles. The first-order valence-corrected chi connectivity index (χ1v) is 5.00. The Morgan fingerprint density at radius 3 is 2.93 bits per heavy atom. The summed E-state index contributed by atoms with van der Waals surface area (Å²) in [6, 6.07) is 7.89. The summed E-state index contributed by atoms with van der Waals surface area (Å²) in [5.74, 6) is 0.178. The minimum absolute atomic E-state index is 0.178. The van der Waals surface area contributed by atoms with Gasteiger partial charge in [0.05, 0.1) is 6.04 Å². The molecule has 4 nitrogen and oxygen atoms in total. The van der Waals surface area contributed by atoms with E-state index < -0.39 is 0 Å². The smallest absolute Gasteiger partial charge is 0.161 e. The van der Waals surface area contributed by atoms with Crippen LogP contribution in [0.3, 0.4) is 0 Å². The topological polar surface area (TPSA) is 70.6 Å². The van der Waals surface area contributed by atoms with Crippen molar-refractivity contribution < 1.29 is 5.21 Å². The van der Waals surface area contributed by atoms with Crippen LogP contribution in [0.25, 0.3) is 0 Å². The van der Waals surface area contributed by atoms with Crippen LogP contribution in [0.4, 0.5) is 5.69 Å². The highest BCUT2D eigenvalue weighted by Gasteiger charge is 2.06. The van der Waals surface area contributed by atoms with Crippen LogP contribution in [-0.2, 0) is 6.42 Å². The van der Waals surface area contributed by atoms with E-state index in [9.17, 15) is 0 Å². The van der Waals surface area contributed by atoms with E-state index in [4.69, 9.17) is 10.9 Å². The van der Waals surface area contributed by atoms with E-state index in [0.717, 1.165) is 12.1 Å². The predicted octanol–water partition coefficient (Wildman–Crippen LogP) is 1.80. The number of aryl methyl sites for hydroxylation is 1. The van der Waals surface area contributed by atoms with Crippen molar-refractivity contribution in [3.63, 3.8) is 0 Å². The number of anilines is 1. The Labute approximate surface area is 89.8 Å². The van der Waals surface area contributed by atoms with Crippen molar-refractivity contribution in [2.75, 3.05) is 5.32 Å². The van der Waals surface area contributed by atoms with E-state index in [-0.39, 0.29) is 11.9 Å². The van der Waals surface area contributed by atoms with Crippen molar-refractivity contribution >= 4 is 11.5 Å². The number of nitrogens with zero attached hydrogens (tertiary/aromatic N) is 1. The Hall–Kier alpha value is -1.71. The lowest BCUT2D eigenvalue weighted by molar-refractivity contribution is 0.316. The summed E-state index contributed by atoms with van der Waals surface area (Å²) >= 11 is 0. The third-order valence-corrected chi connectivity index (χ3v) is 2.28. The van der Waals surface area contributed by atoms with Crippen molar-refractivity contribution in [2.45, 2.75) is 26.3 Å². The molecule has 0 aliphatic rings. The van der Waals surface area contributed by atoms with Crippen LogP contribution < -0.4 is 11.1 Å². The second kappa shape index (κ2) is 5.24. The third kappa shape index (κ3) is 3.16. The van der Waals surface area contributed by atoms with Crippen LogP contribution in [0.15, 0.2) is 29.4 Å². The summed E-state index contributed by atoms with van der Waals surface area (Å²) in [6.45, 7) is 3.94. The molecule has 0 aliphatic heterocycles. The van der Waals surface area contributed by atoms with Gasteiger partial charge in [0.15, 0.2) is 5.84 Å². The number of amidine groups is 1. The van der Waals surface area contributed by atoms with E-state index >= 15 is 0 Å². The minimum Gasteiger partial charge on any atom is -0.409 e. The molecule has 1 aromatic rings. The van der Waals surface area contributed by atoms with Gasteiger partial charge in [0, 0.05) is 5.69 Å². The first-order chi connectivity index (χ1) is 7.17. The largest absolute Gasteiger partial charge is 0.409 e. The summed E-state index contributed by atoms with van der Waals surface area (Å²) in [4.78, 5) is 0. The molecule has 0 bridgehead atoms. The highest BCUT2D eigenvalue weighted by Crippen LogP contribution is 2.12. The summed E-state index contributed by atoms with van der Waals surface area (Å²) in [5, 5.41) is 14.6. The summed E-state index contributed by atoms with van der Waals surface area (Å²) in [6.07, 6.45) is 0.994. The van der Waals surface area contributed by atoms with Crippen LogP contribution in [0, 0.1) is 0 Å². The van der Waals surface area contributed by atoms with Gasteiger partial charge in [0.1, 0.15) is 0 Å². The third-order valence-electron chi connectivity index (χ3n) is 2.28. The van der Waals surface area contributed by atoms with Gasteiger partial charge in [0.25, 0.3) is 0 Å². The van der Waals surface area contributed by atoms with Crippen LogP contribution in [0.5, 0.6) is 0 Å². The molecule has 1 atom stereocenters. The van der Waals surface area contributed by atoms with E-state index in [1.54, 1.807) is 0 Å². The van der Waals surface area contributed by atoms with Crippen molar-refractivity contribution in [1.29, 1.82) is 0 Å². The molecule has 0 heterocycles. The van der Waals surface area contributed by atoms with E-state index in [0.29, 0.717) is 0 Å². The Balaban J connectivity index is 2.72. The molecule has 0 aromatic heterocycles. The van der Waals surface area contributed by atoms with Crippen molar-refractivity contribution in [3.8, 4) is 0 Å². The quantitative estimate of drug-likeness (QED) is 0.305. The van der Waals surface area contributed by atoms with Gasteiger partial charge in [-0.25, -0.2) is 0 Å². The second-order valence-electron chi connectivity index (χ2n) is 3.44. The molecule has 0 spiro atoms. The fourth-order valence-corrected chi connectivity index (χ4v) is 1.29. The number of nitrogens with two attached hydrogens (primary N) is 1. The van der Waals surface area contributed by atoms with Crippen LogP contribution >= 0.6 is 0 Å². The summed E-state index contributed by atoms with van der Waals surface area (Å²) < 4.78 is 0. The van der Waals surface area contributed by atoms with Gasteiger partial charge in [-0.1, -0.05) is 24.2 Å². The molecule has 0 saturated carbocycles. The minimum atomic E-state index is -0.179. The van der Waals surface area contributed by atoms with Gasteiger partial charge < -0.3 is 16.3 Å². The zero-order valence-electron chi connectivity index (χ0n) is 9.07. The zero-order chi connectivity index (χ0) is 11.3. The van der Waals surface area contributed by atoms with Gasteiger partial charge in [-0.15, -0.1) is 0 Å². The molecule has 1 rings (SSSR count). The molecule has 4 N–H and O–H groups in total. The Bertz CT molecular complexity index is 349. The fourth-order valence-electron chi connectivity index (χ4n) is 1.29. The number of hydrogen-bond donors (Lipinski definition) is 3. The summed E-state index contributed by atoms with van der Waals surface area (Å²) in [5.41, 5.74) is 7.71. The normalized spacial score (nSPS) is 13.6. The lowest BCUT2D eigenvalue weighted by Crippen LogP contribution is -2.32. The van der Waals surface area contributed by atoms with Gasteiger partial charge in [0.2, 0.25) is 0 Å². The van der Waals surface area contributed by atoms with E-state index in [1.165, 1.54) is 5.56 Å². The molecule has 82 valence electrons. The molecule has 0 fully saturated rings. The van der Waals surface area contributed by atoms with E-state index in [2.05, 4.69) is 29.5 Å². The van der Waals surface area contributed by atoms with Crippen molar-refractivity contribution in [1.82, 2.24) is 0 Å². The first-order valence-electron chi connectivity index (χ1n) is 5.00. The Morgan fingerprint density at radius 2 is 2.33 bits per heavy atom. The maximum Gasteiger partial charge on any atom is 0.161 e. The zero-order valence-corrected chi connectivity index (χ0v) is 9.07. The predicted molar refractivity (Wildman–Crippen MR) is 62.3 cm³/mol. The SMILES string of the molecule is CCc1cccc(NC(C)C(N)=NO)c1. The highest BCUT2D eigenvalue weighted by atomic mass is 16.4. The monoisotopic (exact) mass is 207 g/mol. The molecule has 1 unspecified atom stereocenters. The molecule has 4 heteroatoms. The fraction of sp³-hybridized carbons (Fsp3) is 0.364. The van der Waals surface area contributed by atoms with Gasteiger partial charge in [-0.3, -0.25) is 0 Å². The standard InChI is InChI=1S/C11H17N3O/c1-3-9-5-4-6-10(7-9)13-8(2)11(12)14-15/h4-8,13,15H,3H2,1-2H3,(H2,12,14). The Kier molecular flexibility index (Phi) is 3.97. The maximum absolute atomic E-state index is 8.51. The number of rotatable bonds is 4. The van der Waals surface area contributed by atoms with Gasteiger partial charge in [-0.2, -0.15) is 0 Å². The van der Waals surface area contributed by atoms with Crippen molar-refractivity contribution in [3.05, 3.63) is 29.8 Å². The number of nitrogens with one attached hydrogen (secondary N) is 1. The van der Waals surface area contributed by atoms with Gasteiger partial charge in [-0.05, 0) is 31.0 Å². The average molecular weight is 207 g/mol. The Morgan fingerprint density at radius 1 is 1.60 bits per heavy atom. The molecular formula is C11H17N3O. The number of benzene rings is 1. The number of hydrogen-bond acceptors (Lipinski definition) is 3. The average Bonchev–Trinajstić information content (AvgIpc) is 2.28. The molecular weight excluding hydrogens is 190 g/mol. The van der Waals surface area contributed by atoms with Crippen molar-refractivity contribution in [2.24, 2.45) is 10.9 Å².